The number of carbonyl (C=O) groups is 1. The molecule has 1 aliphatic rings. The van der Waals surface area contributed by atoms with E-state index >= 15 is 0 Å². The quantitative estimate of drug-likeness (QED) is 0.671. The maximum atomic E-state index is 12.8. The Morgan fingerprint density at radius 3 is 2.80 bits per heavy atom. The molecule has 2 aromatic rings. The van der Waals surface area contributed by atoms with Crippen LogP contribution in [0.4, 0.5) is 0 Å². The first-order chi connectivity index (χ1) is 12.0. The highest BCUT2D eigenvalue weighted by molar-refractivity contribution is 7.71. The molecule has 1 N–H and O–H groups in total. The van der Waals surface area contributed by atoms with Crippen LogP contribution in [-0.2, 0) is 6.54 Å². The van der Waals surface area contributed by atoms with E-state index in [0.717, 1.165) is 12.8 Å². The van der Waals surface area contributed by atoms with Crippen molar-refractivity contribution in [2.24, 2.45) is 0 Å². The van der Waals surface area contributed by atoms with Crippen LogP contribution in [0, 0.1) is 4.77 Å². The molecule has 132 valence electrons. The van der Waals surface area contributed by atoms with Crippen molar-refractivity contribution in [1.29, 1.82) is 0 Å². The molecular formula is C19H23N3O2S. The zero-order chi connectivity index (χ0) is 18.0. The fourth-order valence-corrected chi connectivity index (χ4v) is 3.79. The zero-order valence-corrected chi connectivity index (χ0v) is 15.3. The van der Waals surface area contributed by atoms with E-state index in [2.05, 4.69) is 11.6 Å². The van der Waals surface area contributed by atoms with Crippen molar-refractivity contribution in [3.05, 3.63) is 51.5 Å². The summed E-state index contributed by atoms with van der Waals surface area (Å²) in [5, 5.41) is 0.521. The van der Waals surface area contributed by atoms with Crippen LogP contribution in [0.15, 0.2) is 35.6 Å². The number of aromatic nitrogens is 2. The van der Waals surface area contributed by atoms with Crippen molar-refractivity contribution in [3.8, 4) is 0 Å². The summed E-state index contributed by atoms with van der Waals surface area (Å²) in [4.78, 5) is 30.2. The van der Waals surface area contributed by atoms with E-state index in [1.54, 1.807) is 24.3 Å². The summed E-state index contributed by atoms with van der Waals surface area (Å²) in [6.45, 7) is 4.01. The van der Waals surface area contributed by atoms with Crippen LogP contribution in [0.5, 0.6) is 0 Å². The van der Waals surface area contributed by atoms with Gasteiger partial charge in [-0.1, -0.05) is 25.3 Å². The van der Waals surface area contributed by atoms with Crippen molar-refractivity contribution in [2.75, 3.05) is 7.05 Å². The highest BCUT2D eigenvalue weighted by Crippen LogP contribution is 2.23. The lowest BCUT2D eigenvalue weighted by atomic mass is 9.94. The van der Waals surface area contributed by atoms with E-state index in [1.807, 2.05) is 11.9 Å². The van der Waals surface area contributed by atoms with Gasteiger partial charge in [0.2, 0.25) is 0 Å². The number of nitrogens with one attached hydrogen (secondary N) is 1. The molecule has 0 radical (unpaired) electrons. The first-order valence-corrected chi connectivity index (χ1v) is 9.08. The number of hydrogen-bond donors (Lipinski definition) is 1. The average molecular weight is 357 g/mol. The molecule has 0 atom stereocenters. The Morgan fingerprint density at radius 2 is 2.12 bits per heavy atom. The third kappa shape index (κ3) is 3.44. The van der Waals surface area contributed by atoms with E-state index in [-0.39, 0.29) is 11.5 Å². The monoisotopic (exact) mass is 357 g/mol. The minimum Gasteiger partial charge on any atom is -0.339 e. The highest BCUT2D eigenvalue weighted by atomic mass is 32.1. The molecular weight excluding hydrogens is 334 g/mol. The molecule has 0 spiro atoms. The van der Waals surface area contributed by atoms with E-state index < -0.39 is 0 Å². The summed E-state index contributed by atoms with van der Waals surface area (Å²) < 4.78 is 1.79. The Labute approximate surface area is 152 Å². The first kappa shape index (κ1) is 17.6. The van der Waals surface area contributed by atoms with Gasteiger partial charge in [-0.2, -0.15) is 0 Å². The van der Waals surface area contributed by atoms with Crippen molar-refractivity contribution in [3.63, 3.8) is 0 Å². The number of nitrogens with zero attached hydrogens (tertiary/aromatic N) is 2. The SMILES string of the molecule is C=CCn1c(=S)[nH]c2cc(C(=O)N(C)C3CCCCC3)ccc2c1=O. The van der Waals surface area contributed by atoms with Crippen LogP contribution in [0.3, 0.4) is 0 Å². The smallest absolute Gasteiger partial charge is 0.262 e. The van der Waals surface area contributed by atoms with Crippen LogP contribution >= 0.6 is 12.2 Å². The molecule has 1 aliphatic carbocycles. The lowest BCUT2D eigenvalue weighted by molar-refractivity contribution is 0.0696. The number of carbonyl (C=O) groups excluding carboxylic acids is 1. The van der Waals surface area contributed by atoms with Gasteiger partial charge in [0, 0.05) is 25.2 Å². The molecule has 1 amide bonds. The number of amides is 1. The fourth-order valence-electron chi connectivity index (χ4n) is 3.52. The summed E-state index contributed by atoms with van der Waals surface area (Å²) >= 11 is 5.26. The predicted molar refractivity (Wildman–Crippen MR) is 103 cm³/mol. The second-order valence-electron chi connectivity index (χ2n) is 6.60. The van der Waals surface area contributed by atoms with E-state index in [0.29, 0.717) is 33.8 Å². The summed E-state index contributed by atoms with van der Waals surface area (Å²) in [7, 11) is 1.87. The number of H-pyrrole nitrogens is 1. The molecule has 1 heterocycles. The van der Waals surface area contributed by atoms with E-state index in [1.165, 1.54) is 23.8 Å². The van der Waals surface area contributed by atoms with Gasteiger partial charge in [0.15, 0.2) is 4.77 Å². The molecule has 1 saturated carbocycles. The third-order valence-corrected chi connectivity index (χ3v) is 5.31. The van der Waals surface area contributed by atoms with Gasteiger partial charge < -0.3 is 9.88 Å². The molecule has 5 nitrogen and oxygen atoms in total. The lowest BCUT2D eigenvalue weighted by Crippen LogP contribution is -2.38. The predicted octanol–water partition coefficient (Wildman–Crippen LogP) is 3.65. The number of fused-ring (bicyclic) bond motifs is 1. The van der Waals surface area contributed by atoms with Crippen LogP contribution < -0.4 is 5.56 Å². The van der Waals surface area contributed by atoms with Crippen LogP contribution in [0.1, 0.15) is 42.5 Å². The van der Waals surface area contributed by atoms with Crippen LogP contribution in [-0.4, -0.2) is 33.4 Å². The Kier molecular flexibility index (Phi) is 5.18. The first-order valence-electron chi connectivity index (χ1n) is 8.68. The second-order valence-corrected chi connectivity index (χ2v) is 6.99. The van der Waals surface area contributed by atoms with Crippen molar-refractivity contribution < 1.29 is 4.79 Å². The Bertz CT molecular complexity index is 922. The van der Waals surface area contributed by atoms with Gasteiger partial charge in [-0.15, -0.1) is 6.58 Å². The van der Waals surface area contributed by atoms with Gasteiger partial charge in [-0.25, -0.2) is 0 Å². The van der Waals surface area contributed by atoms with Crippen LogP contribution in [0.25, 0.3) is 10.9 Å². The van der Waals surface area contributed by atoms with Crippen molar-refractivity contribution >= 4 is 29.0 Å². The van der Waals surface area contributed by atoms with Crippen molar-refractivity contribution in [2.45, 2.75) is 44.7 Å². The lowest BCUT2D eigenvalue weighted by Gasteiger charge is -2.31. The topological polar surface area (TPSA) is 58.1 Å². The normalized spacial score (nSPS) is 15.2. The molecule has 0 saturated heterocycles. The summed E-state index contributed by atoms with van der Waals surface area (Å²) in [6, 6.07) is 5.45. The molecule has 1 aromatic heterocycles. The maximum Gasteiger partial charge on any atom is 0.262 e. The summed E-state index contributed by atoms with van der Waals surface area (Å²) in [5.41, 5.74) is 1.00. The number of rotatable bonds is 4. The van der Waals surface area contributed by atoms with Gasteiger partial charge in [-0.05, 0) is 43.3 Å². The van der Waals surface area contributed by atoms with E-state index in [9.17, 15) is 9.59 Å². The highest BCUT2D eigenvalue weighted by Gasteiger charge is 2.23. The van der Waals surface area contributed by atoms with Crippen LogP contribution in [0.2, 0.25) is 0 Å². The van der Waals surface area contributed by atoms with E-state index in [4.69, 9.17) is 12.2 Å². The second kappa shape index (κ2) is 7.35. The van der Waals surface area contributed by atoms with Gasteiger partial charge in [0.25, 0.3) is 11.5 Å². The molecule has 1 aromatic carbocycles. The standard InChI is InChI=1S/C19H23N3O2S/c1-3-11-22-18(24)15-10-9-13(12-16(15)20-19(22)25)17(23)21(2)14-7-5-4-6-8-14/h3,9-10,12,14H,1,4-8,11H2,2H3,(H,20,25). The Hall–Kier alpha value is -2.21. The zero-order valence-electron chi connectivity index (χ0n) is 14.5. The number of hydrogen-bond acceptors (Lipinski definition) is 3. The number of allylic oxidation sites excluding steroid dienone is 1. The fraction of sp³-hybridized carbons (Fsp3) is 0.421. The minimum absolute atomic E-state index is 0.0108. The maximum absolute atomic E-state index is 12.8. The Balaban J connectivity index is 1.97. The summed E-state index contributed by atoms with van der Waals surface area (Å²) in [6.07, 6.45) is 7.36. The summed E-state index contributed by atoms with van der Waals surface area (Å²) in [5.74, 6) is -0.0108. The number of aromatic amines is 1. The van der Waals surface area contributed by atoms with Gasteiger partial charge >= 0.3 is 0 Å². The van der Waals surface area contributed by atoms with Gasteiger partial charge in [-0.3, -0.25) is 14.2 Å². The largest absolute Gasteiger partial charge is 0.339 e. The molecule has 0 unspecified atom stereocenters. The molecule has 25 heavy (non-hydrogen) atoms. The molecule has 1 fully saturated rings. The average Bonchev–Trinajstić information content (AvgIpc) is 2.64. The third-order valence-electron chi connectivity index (χ3n) is 4.98. The molecule has 0 aliphatic heterocycles. The number of benzene rings is 1. The molecule has 6 heteroatoms. The minimum atomic E-state index is -0.168. The van der Waals surface area contributed by atoms with Crippen molar-refractivity contribution in [1.82, 2.24) is 14.5 Å². The van der Waals surface area contributed by atoms with Gasteiger partial charge in [0.1, 0.15) is 0 Å². The molecule has 3 rings (SSSR count). The Morgan fingerprint density at radius 1 is 1.40 bits per heavy atom. The van der Waals surface area contributed by atoms with Gasteiger partial charge in [0.05, 0.1) is 10.9 Å². The molecule has 0 bridgehead atoms.